The lowest BCUT2D eigenvalue weighted by molar-refractivity contribution is 0.0955. The molecule has 7 heteroatoms. The third-order valence-corrected chi connectivity index (χ3v) is 5.37. The van der Waals surface area contributed by atoms with Crippen LogP contribution in [0.4, 0.5) is 5.69 Å². The summed E-state index contributed by atoms with van der Waals surface area (Å²) in [7, 11) is 1.90. The number of aromatic nitrogens is 2. The standard InChI is InChI=1S/C27H26N4O3/c1-31-18-17-28-25(31)19-34-22-13-11-21(12-14-22)26(32)30-24-10-6-5-9-23(24)27(33)29-16-15-20-7-3-2-4-8-20/h2-14,17-18H,15-16,19H2,1H3,(H,29,33)(H,30,32). The topological polar surface area (TPSA) is 85.2 Å². The number of rotatable bonds is 9. The van der Waals surface area contributed by atoms with Crippen molar-refractivity contribution < 1.29 is 14.3 Å². The van der Waals surface area contributed by atoms with Gasteiger partial charge >= 0.3 is 0 Å². The van der Waals surface area contributed by atoms with E-state index in [0.717, 1.165) is 17.8 Å². The van der Waals surface area contributed by atoms with Crippen LogP contribution in [0, 0.1) is 0 Å². The molecule has 34 heavy (non-hydrogen) atoms. The molecule has 7 nitrogen and oxygen atoms in total. The molecule has 0 aliphatic heterocycles. The van der Waals surface area contributed by atoms with Gasteiger partial charge in [0.1, 0.15) is 18.2 Å². The summed E-state index contributed by atoms with van der Waals surface area (Å²) >= 11 is 0. The van der Waals surface area contributed by atoms with Crippen molar-refractivity contribution in [3.05, 3.63) is 114 Å². The number of imidazole rings is 1. The smallest absolute Gasteiger partial charge is 0.255 e. The van der Waals surface area contributed by atoms with Gasteiger partial charge in [-0.2, -0.15) is 0 Å². The minimum atomic E-state index is -0.305. The van der Waals surface area contributed by atoms with Crippen LogP contribution in [0.5, 0.6) is 5.75 Å². The van der Waals surface area contributed by atoms with Gasteiger partial charge in [0, 0.05) is 31.5 Å². The average Bonchev–Trinajstić information content (AvgIpc) is 3.28. The van der Waals surface area contributed by atoms with Crippen molar-refractivity contribution in [2.75, 3.05) is 11.9 Å². The quantitative estimate of drug-likeness (QED) is 0.397. The zero-order chi connectivity index (χ0) is 23.8. The van der Waals surface area contributed by atoms with Gasteiger partial charge in [-0.1, -0.05) is 42.5 Å². The first kappa shape index (κ1) is 22.8. The number of amides is 2. The zero-order valence-corrected chi connectivity index (χ0v) is 18.9. The van der Waals surface area contributed by atoms with Gasteiger partial charge in [0.25, 0.3) is 11.8 Å². The molecule has 0 bridgehead atoms. The second-order valence-electron chi connectivity index (χ2n) is 7.76. The predicted octanol–water partition coefficient (Wildman–Crippen LogP) is 4.22. The molecule has 0 atom stereocenters. The molecule has 0 spiro atoms. The van der Waals surface area contributed by atoms with Gasteiger partial charge in [0.15, 0.2) is 0 Å². The minimum absolute atomic E-state index is 0.232. The molecule has 0 fully saturated rings. The summed E-state index contributed by atoms with van der Waals surface area (Å²) in [6, 6.07) is 23.8. The molecule has 1 heterocycles. The Morgan fingerprint density at radius 3 is 2.38 bits per heavy atom. The van der Waals surface area contributed by atoms with Gasteiger partial charge in [0.2, 0.25) is 0 Å². The Labute approximate surface area is 198 Å². The highest BCUT2D eigenvalue weighted by molar-refractivity contribution is 6.09. The SMILES string of the molecule is Cn1ccnc1COc1ccc(C(=O)Nc2ccccc2C(=O)NCCc2ccccc2)cc1. The molecule has 4 rings (SSSR count). The van der Waals surface area contributed by atoms with Crippen molar-refractivity contribution in [3.8, 4) is 5.75 Å². The third-order valence-electron chi connectivity index (χ3n) is 5.37. The van der Waals surface area contributed by atoms with Crippen LogP contribution in [-0.2, 0) is 20.1 Å². The van der Waals surface area contributed by atoms with Gasteiger partial charge in [-0.15, -0.1) is 0 Å². The van der Waals surface area contributed by atoms with E-state index in [-0.39, 0.29) is 11.8 Å². The van der Waals surface area contributed by atoms with Crippen LogP contribution >= 0.6 is 0 Å². The Balaban J connectivity index is 1.34. The molecule has 4 aromatic rings. The highest BCUT2D eigenvalue weighted by Crippen LogP contribution is 2.18. The number of benzene rings is 3. The zero-order valence-electron chi connectivity index (χ0n) is 18.9. The monoisotopic (exact) mass is 454 g/mol. The van der Waals surface area contributed by atoms with Crippen LogP contribution in [-0.4, -0.2) is 27.9 Å². The summed E-state index contributed by atoms with van der Waals surface area (Å²) in [4.78, 5) is 29.7. The predicted molar refractivity (Wildman–Crippen MR) is 131 cm³/mol. The maximum Gasteiger partial charge on any atom is 0.255 e. The first-order chi connectivity index (χ1) is 16.6. The second kappa shape index (κ2) is 11.0. The van der Waals surface area contributed by atoms with Crippen molar-refractivity contribution in [2.45, 2.75) is 13.0 Å². The fraction of sp³-hybridized carbons (Fsp3) is 0.148. The minimum Gasteiger partial charge on any atom is -0.486 e. The molecular weight excluding hydrogens is 428 g/mol. The maximum atomic E-state index is 12.8. The van der Waals surface area contributed by atoms with E-state index >= 15 is 0 Å². The highest BCUT2D eigenvalue weighted by atomic mass is 16.5. The number of hydrogen-bond donors (Lipinski definition) is 2. The summed E-state index contributed by atoms with van der Waals surface area (Å²) in [5.74, 6) is 0.906. The van der Waals surface area contributed by atoms with E-state index in [9.17, 15) is 9.59 Å². The van der Waals surface area contributed by atoms with Gasteiger partial charge in [-0.25, -0.2) is 4.98 Å². The number of ether oxygens (including phenoxy) is 1. The highest BCUT2D eigenvalue weighted by Gasteiger charge is 2.14. The normalized spacial score (nSPS) is 10.5. The fourth-order valence-electron chi connectivity index (χ4n) is 3.43. The Morgan fingerprint density at radius 2 is 1.65 bits per heavy atom. The van der Waals surface area contributed by atoms with E-state index in [0.29, 0.717) is 35.7 Å². The number of para-hydroxylation sites is 1. The van der Waals surface area contributed by atoms with Crippen LogP contribution < -0.4 is 15.4 Å². The summed E-state index contributed by atoms with van der Waals surface area (Å²) in [5, 5.41) is 5.77. The summed E-state index contributed by atoms with van der Waals surface area (Å²) < 4.78 is 7.62. The number of nitrogens with one attached hydrogen (secondary N) is 2. The van der Waals surface area contributed by atoms with Crippen molar-refractivity contribution in [1.82, 2.24) is 14.9 Å². The molecule has 3 aromatic carbocycles. The molecular formula is C27H26N4O3. The summed E-state index contributed by atoms with van der Waals surface area (Å²) in [5.41, 5.74) is 2.49. The molecule has 1 aromatic heterocycles. The van der Waals surface area contributed by atoms with E-state index < -0.39 is 0 Å². The van der Waals surface area contributed by atoms with Crippen molar-refractivity contribution in [2.24, 2.45) is 7.05 Å². The molecule has 172 valence electrons. The van der Waals surface area contributed by atoms with Gasteiger partial charge in [-0.05, 0) is 48.4 Å². The molecule has 0 aliphatic rings. The molecule has 0 radical (unpaired) electrons. The third kappa shape index (κ3) is 5.89. The first-order valence-electron chi connectivity index (χ1n) is 11.0. The molecule has 0 saturated heterocycles. The summed E-state index contributed by atoms with van der Waals surface area (Å²) in [6.07, 6.45) is 4.30. The number of carbonyl (C=O) groups is 2. The number of carbonyl (C=O) groups excluding carboxylic acids is 2. The van der Waals surface area contributed by atoms with Crippen LogP contribution in [0.3, 0.4) is 0 Å². The van der Waals surface area contributed by atoms with E-state index in [1.54, 1.807) is 54.7 Å². The van der Waals surface area contributed by atoms with Crippen LogP contribution in [0.15, 0.2) is 91.3 Å². The van der Waals surface area contributed by atoms with Crippen LogP contribution in [0.1, 0.15) is 32.1 Å². The lowest BCUT2D eigenvalue weighted by Crippen LogP contribution is -2.27. The Hall–Kier alpha value is -4.39. The lowest BCUT2D eigenvalue weighted by Gasteiger charge is -2.12. The van der Waals surface area contributed by atoms with Crippen molar-refractivity contribution in [1.29, 1.82) is 0 Å². The maximum absolute atomic E-state index is 12.8. The van der Waals surface area contributed by atoms with Gasteiger partial charge in [0.05, 0.1) is 11.3 Å². The molecule has 2 amide bonds. The Kier molecular flexibility index (Phi) is 7.35. The first-order valence-corrected chi connectivity index (χ1v) is 11.0. The molecule has 0 aliphatic carbocycles. The summed E-state index contributed by atoms with van der Waals surface area (Å²) in [6.45, 7) is 0.840. The second-order valence-corrected chi connectivity index (χ2v) is 7.76. The largest absolute Gasteiger partial charge is 0.486 e. The molecule has 2 N–H and O–H groups in total. The number of anilines is 1. The van der Waals surface area contributed by atoms with Crippen molar-refractivity contribution >= 4 is 17.5 Å². The van der Waals surface area contributed by atoms with E-state index in [1.165, 1.54) is 0 Å². The fourth-order valence-corrected chi connectivity index (χ4v) is 3.43. The lowest BCUT2D eigenvalue weighted by atomic mass is 10.1. The van der Waals surface area contributed by atoms with Crippen LogP contribution in [0.2, 0.25) is 0 Å². The number of hydrogen-bond acceptors (Lipinski definition) is 4. The van der Waals surface area contributed by atoms with Crippen molar-refractivity contribution in [3.63, 3.8) is 0 Å². The number of aryl methyl sites for hydroxylation is 1. The van der Waals surface area contributed by atoms with Crippen LogP contribution in [0.25, 0.3) is 0 Å². The van der Waals surface area contributed by atoms with Gasteiger partial charge < -0.3 is 19.9 Å². The van der Waals surface area contributed by atoms with E-state index in [2.05, 4.69) is 15.6 Å². The number of nitrogens with zero attached hydrogens (tertiary/aromatic N) is 2. The molecule has 0 saturated carbocycles. The Morgan fingerprint density at radius 1 is 0.912 bits per heavy atom. The molecule has 0 unspecified atom stereocenters. The van der Waals surface area contributed by atoms with Gasteiger partial charge in [-0.3, -0.25) is 9.59 Å². The average molecular weight is 455 g/mol. The van der Waals surface area contributed by atoms with E-state index in [1.807, 2.05) is 48.1 Å². The van der Waals surface area contributed by atoms with E-state index in [4.69, 9.17) is 4.74 Å². The Bertz CT molecular complexity index is 1250.